The van der Waals surface area contributed by atoms with E-state index in [0.29, 0.717) is 21.6 Å². The summed E-state index contributed by atoms with van der Waals surface area (Å²) in [6.45, 7) is 0. The van der Waals surface area contributed by atoms with Crippen LogP contribution in [0.5, 0.6) is 0 Å². The van der Waals surface area contributed by atoms with E-state index in [9.17, 15) is 0 Å². The molecule has 0 aliphatic rings. The summed E-state index contributed by atoms with van der Waals surface area (Å²) >= 11 is 11.9. The number of benzene rings is 2. The minimum Gasteiger partial charge on any atom is -0.399 e. The van der Waals surface area contributed by atoms with Crippen LogP contribution in [0.25, 0.3) is 22.3 Å². The van der Waals surface area contributed by atoms with Gasteiger partial charge in [0, 0.05) is 22.8 Å². The van der Waals surface area contributed by atoms with Gasteiger partial charge in [0.2, 0.25) is 0 Å². The summed E-state index contributed by atoms with van der Waals surface area (Å²) in [4.78, 5) is 8.81. The zero-order valence-electron chi connectivity index (χ0n) is 9.77. The molecule has 2 N–H and O–H groups in total. The molecule has 0 saturated heterocycles. The average Bonchev–Trinajstić information content (AvgIpc) is 2.41. The molecular formula is C14H9Cl2N3. The molecular weight excluding hydrogens is 281 g/mol. The Hall–Kier alpha value is -1.84. The lowest BCUT2D eigenvalue weighted by Crippen LogP contribution is -1.91. The first kappa shape index (κ1) is 12.2. The van der Waals surface area contributed by atoms with Gasteiger partial charge in [0.15, 0.2) is 5.82 Å². The van der Waals surface area contributed by atoms with Gasteiger partial charge >= 0.3 is 0 Å². The number of rotatable bonds is 1. The molecule has 2 aromatic carbocycles. The molecule has 3 rings (SSSR count). The van der Waals surface area contributed by atoms with Crippen LogP contribution in [0.1, 0.15) is 0 Å². The van der Waals surface area contributed by atoms with Gasteiger partial charge in [-0.25, -0.2) is 9.97 Å². The monoisotopic (exact) mass is 289 g/mol. The summed E-state index contributed by atoms with van der Waals surface area (Å²) in [5.41, 5.74) is 8.05. The third kappa shape index (κ3) is 2.35. The van der Waals surface area contributed by atoms with Gasteiger partial charge in [0.25, 0.3) is 0 Å². The van der Waals surface area contributed by atoms with Crippen LogP contribution in [0.4, 0.5) is 5.69 Å². The molecule has 0 fully saturated rings. The van der Waals surface area contributed by atoms with Gasteiger partial charge in [-0.15, -0.1) is 0 Å². The van der Waals surface area contributed by atoms with E-state index in [1.165, 1.54) is 0 Å². The van der Waals surface area contributed by atoms with Crippen LogP contribution in [0.3, 0.4) is 0 Å². The average molecular weight is 290 g/mol. The Balaban J connectivity index is 2.16. The molecule has 3 nitrogen and oxygen atoms in total. The molecule has 94 valence electrons. The lowest BCUT2D eigenvalue weighted by atomic mass is 10.2. The fraction of sp³-hybridized carbons (Fsp3) is 0. The Bertz CT molecular complexity index is 772. The van der Waals surface area contributed by atoms with E-state index < -0.39 is 0 Å². The topological polar surface area (TPSA) is 51.8 Å². The van der Waals surface area contributed by atoms with E-state index in [1.54, 1.807) is 18.3 Å². The van der Waals surface area contributed by atoms with Gasteiger partial charge < -0.3 is 5.73 Å². The third-order valence-corrected chi connectivity index (χ3v) is 3.52. The van der Waals surface area contributed by atoms with Crippen LogP contribution in [0.2, 0.25) is 10.0 Å². The first-order valence-corrected chi connectivity index (χ1v) is 6.37. The van der Waals surface area contributed by atoms with Crippen molar-refractivity contribution in [2.75, 3.05) is 5.73 Å². The van der Waals surface area contributed by atoms with Crippen LogP contribution in [0.15, 0.2) is 42.6 Å². The Morgan fingerprint density at radius 3 is 2.58 bits per heavy atom. The van der Waals surface area contributed by atoms with Crippen molar-refractivity contribution in [3.8, 4) is 11.4 Å². The van der Waals surface area contributed by atoms with Crippen LogP contribution in [0, 0.1) is 0 Å². The van der Waals surface area contributed by atoms with E-state index in [4.69, 9.17) is 28.9 Å². The van der Waals surface area contributed by atoms with Crippen molar-refractivity contribution in [1.82, 2.24) is 9.97 Å². The molecule has 0 aliphatic heterocycles. The summed E-state index contributed by atoms with van der Waals surface area (Å²) < 4.78 is 0. The molecule has 1 heterocycles. The van der Waals surface area contributed by atoms with Crippen molar-refractivity contribution >= 4 is 39.8 Å². The van der Waals surface area contributed by atoms with Crippen LogP contribution in [-0.4, -0.2) is 9.97 Å². The van der Waals surface area contributed by atoms with E-state index >= 15 is 0 Å². The van der Waals surface area contributed by atoms with Crippen molar-refractivity contribution in [3.63, 3.8) is 0 Å². The number of nitrogens with two attached hydrogens (primary N) is 1. The van der Waals surface area contributed by atoms with Crippen molar-refractivity contribution in [3.05, 3.63) is 52.6 Å². The maximum absolute atomic E-state index is 6.00. The molecule has 0 spiro atoms. The maximum Gasteiger partial charge on any atom is 0.159 e. The number of nitrogens with zero attached hydrogens (tertiary/aromatic N) is 2. The van der Waals surface area contributed by atoms with E-state index in [2.05, 4.69) is 9.97 Å². The maximum atomic E-state index is 6.00. The molecule has 0 saturated carbocycles. The second-order valence-electron chi connectivity index (χ2n) is 4.14. The van der Waals surface area contributed by atoms with Gasteiger partial charge in [-0.05, 0) is 36.4 Å². The zero-order chi connectivity index (χ0) is 13.4. The number of aromatic nitrogens is 2. The standard InChI is InChI=1S/C14H9Cl2N3/c15-11-4-2-8(5-12(11)16)14-18-7-9-1-3-10(17)6-13(9)19-14/h1-7H,17H2. The predicted octanol–water partition coefficient (Wildman–Crippen LogP) is 4.19. The van der Waals surface area contributed by atoms with Crippen LogP contribution in [-0.2, 0) is 0 Å². The summed E-state index contributed by atoms with van der Waals surface area (Å²) in [6.07, 6.45) is 1.76. The highest BCUT2D eigenvalue weighted by Gasteiger charge is 2.06. The largest absolute Gasteiger partial charge is 0.399 e. The molecule has 19 heavy (non-hydrogen) atoms. The second kappa shape index (κ2) is 4.68. The molecule has 0 atom stereocenters. The molecule has 1 aromatic heterocycles. The predicted molar refractivity (Wildman–Crippen MR) is 79.4 cm³/mol. The highest BCUT2D eigenvalue weighted by atomic mass is 35.5. The van der Waals surface area contributed by atoms with E-state index in [-0.39, 0.29) is 0 Å². The molecule has 0 bridgehead atoms. The lowest BCUT2D eigenvalue weighted by Gasteiger charge is -2.04. The van der Waals surface area contributed by atoms with Crippen molar-refractivity contribution < 1.29 is 0 Å². The first-order chi connectivity index (χ1) is 9.13. The molecule has 0 radical (unpaired) electrons. The number of fused-ring (bicyclic) bond motifs is 1. The van der Waals surface area contributed by atoms with Crippen molar-refractivity contribution in [2.45, 2.75) is 0 Å². The normalized spacial score (nSPS) is 10.8. The van der Waals surface area contributed by atoms with Gasteiger partial charge in [0.05, 0.1) is 15.6 Å². The number of hydrogen-bond donors (Lipinski definition) is 1. The van der Waals surface area contributed by atoms with Gasteiger partial charge in [-0.3, -0.25) is 0 Å². The Morgan fingerprint density at radius 1 is 0.947 bits per heavy atom. The van der Waals surface area contributed by atoms with Gasteiger partial charge in [-0.2, -0.15) is 0 Å². The number of hydrogen-bond acceptors (Lipinski definition) is 3. The van der Waals surface area contributed by atoms with Crippen LogP contribution >= 0.6 is 23.2 Å². The first-order valence-electron chi connectivity index (χ1n) is 5.61. The summed E-state index contributed by atoms with van der Waals surface area (Å²) in [7, 11) is 0. The highest BCUT2D eigenvalue weighted by molar-refractivity contribution is 6.42. The smallest absolute Gasteiger partial charge is 0.159 e. The molecule has 0 aliphatic carbocycles. The highest BCUT2D eigenvalue weighted by Crippen LogP contribution is 2.27. The Morgan fingerprint density at radius 2 is 1.79 bits per heavy atom. The van der Waals surface area contributed by atoms with Gasteiger partial charge in [0.1, 0.15) is 0 Å². The van der Waals surface area contributed by atoms with E-state index in [0.717, 1.165) is 16.5 Å². The molecule has 0 amide bonds. The number of anilines is 1. The minimum absolute atomic E-state index is 0.482. The minimum atomic E-state index is 0.482. The number of halogens is 2. The van der Waals surface area contributed by atoms with E-state index in [1.807, 2.05) is 24.3 Å². The van der Waals surface area contributed by atoms with Crippen molar-refractivity contribution in [1.29, 1.82) is 0 Å². The summed E-state index contributed by atoms with van der Waals surface area (Å²) in [6, 6.07) is 10.8. The van der Waals surface area contributed by atoms with Gasteiger partial charge in [-0.1, -0.05) is 23.2 Å². The SMILES string of the molecule is Nc1ccc2cnc(-c3ccc(Cl)c(Cl)c3)nc2c1. The fourth-order valence-electron chi connectivity index (χ4n) is 1.81. The summed E-state index contributed by atoms with van der Waals surface area (Å²) in [5, 5.41) is 1.93. The zero-order valence-corrected chi connectivity index (χ0v) is 11.3. The second-order valence-corrected chi connectivity index (χ2v) is 4.96. The molecule has 0 unspecified atom stereocenters. The molecule has 5 heteroatoms. The lowest BCUT2D eigenvalue weighted by molar-refractivity contribution is 1.23. The summed E-state index contributed by atoms with van der Waals surface area (Å²) in [5.74, 6) is 0.594. The quantitative estimate of drug-likeness (QED) is 0.684. The third-order valence-electron chi connectivity index (χ3n) is 2.78. The Labute approximate surface area is 120 Å². The number of nitrogen functional groups attached to an aromatic ring is 1. The molecule has 3 aromatic rings. The fourth-order valence-corrected chi connectivity index (χ4v) is 2.11. The van der Waals surface area contributed by atoms with Crippen LogP contribution < -0.4 is 5.73 Å². The Kier molecular flexibility index (Phi) is 3.01. The van der Waals surface area contributed by atoms with Crippen molar-refractivity contribution in [2.24, 2.45) is 0 Å².